The lowest BCUT2D eigenvalue weighted by atomic mass is 10.1. The van der Waals surface area contributed by atoms with Crippen LogP contribution in [-0.4, -0.2) is 67.4 Å². The molecule has 4 rings (SSSR count). The first-order chi connectivity index (χ1) is 14.7. The fourth-order valence-corrected chi connectivity index (χ4v) is 6.40. The number of aromatic nitrogens is 1. The van der Waals surface area contributed by atoms with Crippen molar-refractivity contribution >= 4 is 33.2 Å². The van der Waals surface area contributed by atoms with Crippen LogP contribution in [0.15, 0.2) is 29.2 Å². The second kappa shape index (κ2) is 8.48. The number of nitrogens with zero attached hydrogens (tertiary/aromatic N) is 4. The Balaban J connectivity index is 1.51. The number of hydrogen-bond donors (Lipinski definition) is 0. The molecule has 2 saturated heterocycles. The van der Waals surface area contributed by atoms with Gasteiger partial charge in [-0.2, -0.15) is 4.31 Å². The highest BCUT2D eigenvalue weighted by Crippen LogP contribution is 2.28. The zero-order valence-electron chi connectivity index (χ0n) is 18.3. The molecule has 0 unspecified atom stereocenters. The average molecular weight is 465 g/mol. The fourth-order valence-electron chi connectivity index (χ4n) is 4.44. The van der Waals surface area contributed by atoms with Gasteiger partial charge in [0, 0.05) is 62.7 Å². The van der Waals surface area contributed by atoms with Gasteiger partial charge in [-0.15, -0.1) is 0 Å². The van der Waals surface area contributed by atoms with Crippen LogP contribution in [0.2, 0.25) is 5.02 Å². The van der Waals surface area contributed by atoms with E-state index in [1.807, 2.05) is 18.2 Å². The van der Waals surface area contributed by atoms with Gasteiger partial charge in [-0.25, -0.2) is 8.42 Å². The molecule has 2 aromatic rings. The summed E-state index contributed by atoms with van der Waals surface area (Å²) in [6.07, 6.45) is 1.76. The SMILES string of the molecule is Cc1ccc(Cl)cc1N1CCN(C(=O)c2cc(S(=O)(=O)N3CCCC3)c(C)n2C)CC1. The van der Waals surface area contributed by atoms with Gasteiger partial charge in [0.2, 0.25) is 10.0 Å². The normalized spacial score (nSPS) is 18.1. The van der Waals surface area contributed by atoms with Gasteiger partial charge in [0.05, 0.1) is 0 Å². The van der Waals surface area contributed by atoms with Gasteiger partial charge in [0.25, 0.3) is 5.91 Å². The van der Waals surface area contributed by atoms with Crippen LogP contribution in [0.5, 0.6) is 0 Å². The zero-order valence-corrected chi connectivity index (χ0v) is 19.8. The summed E-state index contributed by atoms with van der Waals surface area (Å²) in [7, 11) is -1.81. The lowest BCUT2D eigenvalue weighted by molar-refractivity contribution is 0.0737. The lowest BCUT2D eigenvalue weighted by Crippen LogP contribution is -2.49. The predicted octanol–water partition coefficient (Wildman–Crippen LogP) is 3.04. The zero-order chi connectivity index (χ0) is 22.3. The fraction of sp³-hybridized carbons (Fsp3) is 0.500. The maximum Gasteiger partial charge on any atom is 0.270 e. The third-order valence-electron chi connectivity index (χ3n) is 6.47. The number of carbonyl (C=O) groups excluding carboxylic acids is 1. The van der Waals surface area contributed by atoms with Crippen molar-refractivity contribution in [3.63, 3.8) is 0 Å². The Hall–Kier alpha value is -2.03. The molecule has 2 aliphatic heterocycles. The molecule has 168 valence electrons. The molecule has 7 nitrogen and oxygen atoms in total. The topological polar surface area (TPSA) is 65.9 Å². The molecule has 0 atom stereocenters. The molecule has 9 heteroatoms. The number of sulfonamides is 1. The minimum absolute atomic E-state index is 0.129. The maximum absolute atomic E-state index is 13.3. The Bertz CT molecular complexity index is 1100. The van der Waals surface area contributed by atoms with Crippen LogP contribution in [0.4, 0.5) is 5.69 Å². The monoisotopic (exact) mass is 464 g/mol. The average Bonchev–Trinajstić information content (AvgIpc) is 3.40. The van der Waals surface area contributed by atoms with E-state index in [2.05, 4.69) is 11.8 Å². The van der Waals surface area contributed by atoms with Crippen molar-refractivity contribution in [1.29, 1.82) is 0 Å². The number of piperazine rings is 1. The minimum atomic E-state index is -3.57. The van der Waals surface area contributed by atoms with Crippen molar-refractivity contribution in [1.82, 2.24) is 13.8 Å². The van der Waals surface area contributed by atoms with Gasteiger partial charge >= 0.3 is 0 Å². The second-order valence-electron chi connectivity index (χ2n) is 8.36. The summed E-state index contributed by atoms with van der Waals surface area (Å²) in [4.78, 5) is 17.5. The first-order valence-electron chi connectivity index (χ1n) is 10.7. The molecular weight excluding hydrogens is 436 g/mol. The Morgan fingerprint density at radius 1 is 0.968 bits per heavy atom. The highest BCUT2D eigenvalue weighted by atomic mass is 35.5. The molecule has 1 aromatic heterocycles. The number of carbonyl (C=O) groups is 1. The Labute approximate surface area is 189 Å². The Morgan fingerprint density at radius 3 is 2.26 bits per heavy atom. The molecule has 1 aromatic carbocycles. The molecule has 1 amide bonds. The number of anilines is 1. The third-order valence-corrected chi connectivity index (χ3v) is 8.72. The summed E-state index contributed by atoms with van der Waals surface area (Å²) < 4.78 is 29.3. The van der Waals surface area contributed by atoms with Crippen molar-refractivity contribution in [2.45, 2.75) is 31.6 Å². The summed E-state index contributed by atoms with van der Waals surface area (Å²) in [6, 6.07) is 7.40. The van der Waals surface area contributed by atoms with Crippen LogP contribution in [0.3, 0.4) is 0 Å². The van der Waals surface area contributed by atoms with Crippen LogP contribution in [0.1, 0.15) is 34.6 Å². The summed E-state index contributed by atoms with van der Waals surface area (Å²) >= 11 is 6.17. The molecule has 2 aliphatic rings. The molecule has 0 spiro atoms. The van der Waals surface area contributed by atoms with E-state index in [1.165, 1.54) is 4.31 Å². The van der Waals surface area contributed by atoms with Crippen molar-refractivity contribution in [3.05, 3.63) is 46.2 Å². The van der Waals surface area contributed by atoms with E-state index >= 15 is 0 Å². The summed E-state index contributed by atoms with van der Waals surface area (Å²) in [5, 5.41) is 0.699. The smallest absolute Gasteiger partial charge is 0.270 e. The highest BCUT2D eigenvalue weighted by molar-refractivity contribution is 7.89. The summed E-state index contributed by atoms with van der Waals surface area (Å²) in [5.41, 5.74) is 3.26. The first kappa shape index (κ1) is 22.2. The molecule has 3 heterocycles. The second-order valence-corrected chi connectivity index (χ2v) is 10.7. The van der Waals surface area contributed by atoms with Crippen LogP contribution in [0, 0.1) is 13.8 Å². The minimum Gasteiger partial charge on any atom is -0.368 e. The van der Waals surface area contributed by atoms with Crippen molar-refractivity contribution < 1.29 is 13.2 Å². The van der Waals surface area contributed by atoms with Crippen molar-refractivity contribution in [2.75, 3.05) is 44.2 Å². The van der Waals surface area contributed by atoms with Gasteiger partial charge in [0.15, 0.2) is 0 Å². The van der Waals surface area contributed by atoms with Crippen LogP contribution >= 0.6 is 11.6 Å². The number of rotatable bonds is 4. The van der Waals surface area contributed by atoms with Crippen LogP contribution in [-0.2, 0) is 17.1 Å². The summed E-state index contributed by atoms with van der Waals surface area (Å²) in [6.45, 7) is 7.46. The number of benzene rings is 1. The van der Waals surface area contributed by atoms with Gasteiger partial charge < -0.3 is 14.4 Å². The first-order valence-corrected chi connectivity index (χ1v) is 12.5. The van der Waals surface area contributed by atoms with E-state index in [0.717, 1.165) is 24.1 Å². The molecule has 0 bridgehead atoms. The van der Waals surface area contributed by atoms with E-state index in [9.17, 15) is 13.2 Å². The van der Waals surface area contributed by atoms with Crippen LogP contribution < -0.4 is 4.90 Å². The van der Waals surface area contributed by atoms with Crippen LogP contribution in [0.25, 0.3) is 0 Å². The van der Waals surface area contributed by atoms with E-state index < -0.39 is 10.0 Å². The molecule has 0 aliphatic carbocycles. The largest absolute Gasteiger partial charge is 0.368 e. The summed E-state index contributed by atoms with van der Waals surface area (Å²) in [5.74, 6) is -0.129. The third kappa shape index (κ3) is 4.08. The molecule has 2 fully saturated rings. The van der Waals surface area contributed by atoms with E-state index in [1.54, 1.807) is 29.5 Å². The van der Waals surface area contributed by atoms with Gasteiger partial charge in [-0.05, 0) is 50.5 Å². The van der Waals surface area contributed by atoms with E-state index in [4.69, 9.17) is 11.6 Å². The molecule has 31 heavy (non-hydrogen) atoms. The predicted molar refractivity (Wildman–Crippen MR) is 122 cm³/mol. The van der Waals surface area contributed by atoms with Crippen molar-refractivity contribution in [3.8, 4) is 0 Å². The standard InChI is InChI=1S/C22H29ClN4O3S/c1-16-6-7-18(23)14-19(16)25-10-12-26(13-11-25)22(28)20-15-21(17(2)24(20)3)31(29,30)27-8-4-5-9-27/h6-7,14-15H,4-5,8-13H2,1-3H3. The Kier molecular flexibility index (Phi) is 6.07. The molecule has 0 radical (unpaired) electrons. The van der Waals surface area contributed by atoms with Crippen molar-refractivity contribution in [2.24, 2.45) is 7.05 Å². The number of amides is 1. The van der Waals surface area contributed by atoms with Gasteiger partial charge in [-0.3, -0.25) is 4.79 Å². The highest BCUT2D eigenvalue weighted by Gasteiger charge is 2.33. The lowest BCUT2D eigenvalue weighted by Gasteiger charge is -2.37. The number of halogens is 1. The Morgan fingerprint density at radius 2 is 1.61 bits per heavy atom. The van der Waals surface area contributed by atoms with E-state index in [-0.39, 0.29) is 10.8 Å². The van der Waals surface area contributed by atoms with Gasteiger partial charge in [0.1, 0.15) is 10.6 Å². The number of aryl methyl sites for hydroxylation is 1. The van der Waals surface area contributed by atoms with E-state index in [0.29, 0.717) is 55.7 Å². The quantitative estimate of drug-likeness (QED) is 0.697. The molecule has 0 saturated carbocycles. The maximum atomic E-state index is 13.3. The number of hydrogen-bond acceptors (Lipinski definition) is 4. The molecular formula is C22H29ClN4O3S. The molecule has 0 N–H and O–H groups in total. The van der Waals surface area contributed by atoms with Gasteiger partial charge in [-0.1, -0.05) is 17.7 Å².